The van der Waals surface area contributed by atoms with Crippen molar-refractivity contribution in [2.45, 2.75) is 45.0 Å². The van der Waals surface area contributed by atoms with Crippen LogP contribution in [0.5, 0.6) is 0 Å². The van der Waals surface area contributed by atoms with Crippen molar-refractivity contribution in [3.8, 4) is 0 Å². The molecule has 1 N–H and O–H groups in total. The molecule has 0 bridgehead atoms. The van der Waals surface area contributed by atoms with E-state index in [2.05, 4.69) is 19.2 Å². The standard InChI is InChI=1S/C18H24Cl2N2O2S/c1-4-7-21-17(23)15-10-25-16(8-11(2)3)22(15)18(24)12-5-6-13(19)14(20)9-12/h5-6,9,11,15-16H,4,7-8,10H2,1-3H3,(H,21,23). The van der Waals surface area contributed by atoms with E-state index in [0.29, 0.717) is 33.8 Å². The smallest absolute Gasteiger partial charge is 0.255 e. The molecule has 1 saturated heterocycles. The van der Waals surface area contributed by atoms with E-state index in [9.17, 15) is 9.59 Å². The molecule has 1 aliphatic heterocycles. The van der Waals surface area contributed by atoms with E-state index in [1.54, 1.807) is 34.9 Å². The lowest BCUT2D eigenvalue weighted by atomic mass is 10.1. The van der Waals surface area contributed by atoms with Gasteiger partial charge in [0.25, 0.3) is 5.91 Å². The molecule has 2 atom stereocenters. The molecule has 138 valence electrons. The highest BCUT2D eigenvalue weighted by atomic mass is 35.5. The summed E-state index contributed by atoms with van der Waals surface area (Å²) in [4.78, 5) is 27.4. The Balaban J connectivity index is 2.28. The summed E-state index contributed by atoms with van der Waals surface area (Å²) in [5.74, 6) is 0.777. The number of thioether (sulfide) groups is 1. The van der Waals surface area contributed by atoms with E-state index < -0.39 is 6.04 Å². The number of hydrogen-bond acceptors (Lipinski definition) is 3. The first-order valence-electron chi connectivity index (χ1n) is 8.52. The molecule has 25 heavy (non-hydrogen) atoms. The Morgan fingerprint density at radius 2 is 2.04 bits per heavy atom. The number of benzene rings is 1. The van der Waals surface area contributed by atoms with E-state index in [-0.39, 0.29) is 17.2 Å². The summed E-state index contributed by atoms with van der Waals surface area (Å²) in [7, 11) is 0. The van der Waals surface area contributed by atoms with Crippen molar-refractivity contribution in [1.29, 1.82) is 0 Å². The van der Waals surface area contributed by atoms with Gasteiger partial charge in [0.2, 0.25) is 5.91 Å². The van der Waals surface area contributed by atoms with Gasteiger partial charge in [0.05, 0.1) is 15.4 Å². The van der Waals surface area contributed by atoms with Crippen molar-refractivity contribution < 1.29 is 9.59 Å². The third kappa shape index (κ3) is 5.05. The Bertz CT molecular complexity index is 640. The van der Waals surface area contributed by atoms with Crippen LogP contribution in [0.15, 0.2) is 18.2 Å². The molecule has 2 rings (SSSR count). The lowest BCUT2D eigenvalue weighted by molar-refractivity contribution is -0.124. The summed E-state index contributed by atoms with van der Waals surface area (Å²) in [6, 6.07) is 4.39. The first-order chi connectivity index (χ1) is 11.8. The van der Waals surface area contributed by atoms with Gasteiger partial charge in [0.1, 0.15) is 6.04 Å². The number of nitrogens with one attached hydrogen (secondary N) is 1. The van der Waals surface area contributed by atoms with E-state index in [1.807, 2.05) is 6.92 Å². The number of halogens is 2. The second-order valence-corrected chi connectivity index (χ2v) is 8.59. The van der Waals surface area contributed by atoms with Gasteiger partial charge in [0.15, 0.2) is 0 Å². The van der Waals surface area contributed by atoms with Crippen molar-refractivity contribution in [3.05, 3.63) is 33.8 Å². The second-order valence-electron chi connectivity index (χ2n) is 6.57. The van der Waals surface area contributed by atoms with Crippen molar-refractivity contribution in [3.63, 3.8) is 0 Å². The van der Waals surface area contributed by atoms with Gasteiger partial charge < -0.3 is 10.2 Å². The Kier molecular flexibility index (Phi) is 7.47. The van der Waals surface area contributed by atoms with E-state index in [1.165, 1.54) is 0 Å². The molecule has 0 saturated carbocycles. The van der Waals surface area contributed by atoms with Crippen molar-refractivity contribution >= 4 is 46.8 Å². The monoisotopic (exact) mass is 402 g/mol. The fourth-order valence-corrected chi connectivity index (χ4v) is 4.71. The third-order valence-electron chi connectivity index (χ3n) is 4.02. The first kappa shape index (κ1) is 20.4. The molecule has 2 unspecified atom stereocenters. The summed E-state index contributed by atoms with van der Waals surface area (Å²) in [5.41, 5.74) is 0.457. The number of rotatable bonds is 6. The van der Waals surface area contributed by atoms with Crippen LogP contribution < -0.4 is 5.32 Å². The van der Waals surface area contributed by atoms with Gasteiger partial charge in [-0.2, -0.15) is 0 Å². The fourth-order valence-electron chi connectivity index (χ4n) is 2.77. The second kappa shape index (κ2) is 9.15. The van der Waals surface area contributed by atoms with Crippen molar-refractivity contribution in [1.82, 2.24) is 10.2 Å². The lowest BCUT2D eigenvalue weighted by Gasteiger charge is -2.30. The van der Waals surface area contributed by atoms with Crippen LogP contribution in [0, 0.1) is 5.92 Å². The molecule has 2 amide bonds. The van der Waals surface area contributed by atoms with E-state index in [0.717, 1.165) is 12.8 Å². The predicted molar refractivity (Wildman–Crippen MR) is 105 cm³/mol. The van der Waals surface area contributed by atoms with Crippen LogP contribution in [-0.2, 0) is 4.79 Å². The number of carbonyl (C=O) groups is 2. The Hall–Kier alpha value is -0.910. The summed E-state index contributed by atoms with van der Waals surface area (Å²) in [5, 5.41) is 3.64. The van der Waals surface area contributed by atoms with Gasteiger partial charge in [-0.15, -0.1) is 11.8 Å². The van der Waals surface area contributed by atoms with Gasteiger partial charge in [0, 0.05) is 17.9 Å². The molecule has 1 aromatic rings. The molecular weight excluding hydrogens is 379 g/mol. The summed E-state index contributed by atoms with van der Waals surface area (Å²) in [6.45, 7) is 6.85. The maximum Gasteiger partial charge on any atom is 0.255 e. The molecule has 1 heterocycles. The van der Waals surface area contributed by atoms with Crippen molar-refractivity contribution in [2.75, 3.05) is 12.3 Å². The first-order valence-corrected chi connectivity index (χ1v) is 10.3. The average Bonchev–Trinajstić information content (AvgIpc) is 2.97. The van der Waals surface area contributed by atoms with Gasteiger partial charge in [-0.05, 0) is 37.0 Å². The molecule has 4 nitrogen and oxygen atoms in total. The zero-order valence-electron chi connectivity index (χ0n) is 14.7. The molecule has 0 radical (unpaired) electrons. The highest BCUT2D eigenvalue weighted by Gasteiger charge is 2.41. The lowest BCUT2D eigenvalue weighted by Crippen LogP contribution is -2.50. The normalized spacial score (nSPS) is 20.2. The molecule has 1 fully saturated rings. The Morgan fingerprint density at radius 1 is 1.32 bits per heavy atom. The van der Waals surface area contributed by atoms with Crippen LogP contribution in [0.3, 0.4) is 0 Å². The van der Waals surface area contributed by atoms with Gasteiger partial charge in [-0.3, -0.25) is 9.59 Å². The summed E-state index contributed by atoms with van der Waals surface area (Å²) < 4.78 is 0. The van der Waals surface area contributed by atoms with Crippen LogP contribution in [0.2, 0.25) is 10.0 Å². The van der Waals surface area contributed by atoms with Crippen LogP contribution in [0.1, 0.15) is 44.0 Å². The SMILES string of the molecule is CCCNC(=O)C1CSC(CC(C)C)N1C(=O)c1ccc(Cl)c(Cl)c1. The third-order valence-corrected chi connectivity index (χ3v) is 6.07. The maximum atomic E-state index is 13.1. The minimum Gasteiger partial charge on any atom is -0.354 e. The van der Waals surface area contributed by atoms with Gasteiger partial charge >= 0.3 is 0 Å². The zero-order chi connectivity index (χ0) is 18.6. The van der Waals surface area contributed by atoms with E-state index >= 15 is 0 Å². The largest absolute Gasteiger partial charge is 0.354 e. The Morgan fingerprint density at radius 3 is 2.64 bits per heavy atom. The zero-order valence-corrected chi connectivity index (χ0v) is 17.0. The average molecular weight is 403 g/mol. The number of hydrogen-bond donors (Lipinski definition) is 1. The Labute approximate surface area is 163 Å². The fraction of sp³-hybridized carbons (Fsp3) is 0.556. The summed E-state index contributed by atoms with van der Waals surface area (Å²) >= 11 is 13.7. The minimum atomic E-state index is -0.456. The van der Waals surface area contributed by atoms with E-state index in [4.69, 9.17) is 23.2 Å². The highest BCUT2D eigenvalue weighted by molar-refractivity contribution is 8.00. The molecule has 1 aromatic carbocycles. The number of carbonyl (C=O) groups excluding carboxylic acids is 2. The van der Waals surface area contributed by atoms with Gasteiger partial charge in [-0.25, -0.2) is 0 Å². The molecule has 7 heteroatoms. The highest BCUT2D eigenvalue weighted by Crippen LogP contribution is 2.35. The molecule has 0 spiro atoms. The van der Waals surface area contributed by atoms with Crippen LogP contribution in [-0.4, -0.2) is 40.4 Å². The maximum absolute atomic E-state index is 13.1. The molecule has 0 aliphatic carbocycles. The summed E-state index contributed by atoms with van der Waals surface area (Å²) in [6.07, 6.45) is 1.71. The van der Waals surface area contributed by atoms with Crippen molar-refractivity contribution in [2.24, 2.45) is 5.92 Å². The quantitative estimate of drug-likeness (QED) is 0.764. The minimum absolute atomic E-state index is 0.0145. The molecule has 0 aromatic heterocycles. The van der Waals surface area contributed by atoms with Gasteiger partial charge in [-0.1, -0.05) is 44.0 Å². The van der Waals surface area contributed by atoms with Crippen LogP contribution >= 0.6 is 35.0 Å². The van der Waals surface area contributed by atoms with Crippen LogP contribution in [0.4, 0.5) is 0 Å². The predicted octanol–water partition coefficient (Wildman–Crippen LogP) is 4.45. The molecular formula is C18H24Cl2N2O2S. The number of nitrogens with zero attached hydrogens (tertiary/aromatic N) is 1. The van der Waals surface area contributed by atoms with Crippen LogP contribution in [0.25, 0.3) is 0 Å². The topological polar surface area (TPSA) is 49.4 Å². The molecule has 1 aliphatic rings. The number of amides is 2.